The Kier molecular flexibility index (Phi) is 4.76. The summed E-state index contributed by atoms with van der Waals surface area (Å²) in [7, 11) is 3.62. The highest BCUT2D eigenvalue weighted by molar-refractivity contribution is 6.31. The summed E-state index contributed by atoms with van der Waals surface area (Å²) in [4.78, 5) is 15.0. The van der Waals surface area contributed by atoms with Crippen LogP contribution in [0.3, 0.4) is 0 Å². The molecule has 1 saturated carbocycles. The summed E-state index contributed by atoms with van der Waals surface area (Å²) < 4.78 is 7.23. The van der Waals surface area contributed by atoms with Crippen molar-refractivity contribution in [1.82, 2.24) is 14.8 Å². The number of carbonyl (C=O) groups is 1. The highest BCUT2D eigenvalue weighted by Gasteiger charge is 2.37. The van der Waals surface area contributed by atoms with Crippen LogP contribution in [0.15, 0.2) is 12.3 Å². The van der Waals surface area contributed by atoms with E-state index in [1.165, 1.54) is 0 Å². The number of likely N-dealkylation sites (tertiary alicyclic amines) is 1. The van der Waals surface area contributed by atoms with Crippen LogP contribution in [-0.4, -0.2) is 53.8 Å². The van der Waals surface area contributed by atoms with E-state index in [-0.39, 0.29) is 11.9 Å². The van der Waals surface area contributed by atoms with Gasteiger partial charge < -0.3 is 14.6 Å². The molecule has 5 nitrogen and oxygen atoms in total. The molecule has 6 heteroatoms. The molecule has 0 aromatic carbocycles. The monoisotopic (exact) mass is 325 g/mol. The number of nitrogens with zero attached hydrogens (tertiary/aromatic N) is 2. The first-order chi connectivity index (χ1) is 10.6. The third-order valence-electron chi connectivity index (χ3n) is 4.98. The van der Waals surface area contributed by atoms with Gasteiger partial charge in [-0.3, -0.25) is 9.69 Å². The lowest BCUT2D eigenvalue weighted by atomic mass is 10.1. The lowest BCUT2D eigenvalue weighted by Crippen LogP contribution is -2.48. The van der Waals surface area contributed by atoms with Crippen LogP contribution in [0.4, 0.5) is 0 Å². The van der Waals surface area contributed by atoms with Crippen molar-refractivity contribution >= 4 is 17.5 Å². The number of ether oxygens (including phenoxy) is 1. The van der Waals surface area contributed by atoms with Gasteiger partial charge in [0.05, 0.1) is 11.1 Å². The summed E-state index contributed by atoms with van der Waals surface area (Å²) in [5.41, 5.74) is 0.617. The Hall–Kier alpha value is -1.04. The van der Waals surface area contributed by atoms with Crippen molar-refractivity contribution in [1.29, 1.82) is 0 Å². The zero-order chi connectivity index (χ0) is 15.7. The van der Waals surface area contributed by atoms with Crippen LogP contribution in [-0.2, 0) is 11.8 Å². The molecule has 122 valence electrons. The number of amides is 1. The number of rotatable bonds is 4. The Bertz CT molecular complexity index is 545. The third kappa shape index (κ3) is 3.16. The Labute approximate surface area is 136 Å². The first-order valence-corrected chi connectivity index (χ1v) is 8.36. The zero-order valence-corrected chi connectivity index (χ0v) is 14.0. The number of methoxy groups -OCH3 is 1. The van der Waals surface area contributed by atoms with Crippen molar-refractivity contribution in [3.05, 3.63) is 23.0 Å². The number of aromatic nitrogens is 1. The summed E-state index contributed by atoms with van der Waals surface area (Å²) in [6, 6.07) is 2.37. The van der Waals surface area contributed by atoms with Crippen molar-refractivity contribution in [2.45, 2.75) is 43.9 Å². The molecule has 1 aliphatic carbocycles. The normalized spacial score (nSPS) is 29.1. The van der Waals surface area contributed by atoms with Gasteiger partial charge in [-0.1, -0.05) is 11.6 Å². The van der Waals surface area contributed by atoms with Gasteiger partial charge in [-0.15, -0.1) is 0 Å². The summed E-state index contributed by atoms with van der Waals surface area (Å²) >= 11 is 5.97. The fourth-order valence-electron chi connectivity index (χ4n) is 3.79. The van der Waals surface area contributed by atoms with E-state index in [0.29, 0.717) is 22.9 Å². The van der Waals surface area contributed by atoms with Crippen LogP contribution in [0, 0.1) is 0 Å². The van der Waals surface area contributed by atoms with Gasteiger partial charge in [0, 0.05) is 45.5 Å². The van der Waals surface area contributed by atoms with Gasteiger partial charge in [0.15, 0.2) is 0 Å². The number of halogens is 1. The summed E-state index contributed by atoms with van der Waals surface area (Å²) in [6.07, 6.45) is 6.53. The van der Waals surface area contributed by atoms with Gasteiger partial charge in [-0.2, -0.15) is 0 Å². The van der Waals surface area contributed by atoms with E-state index in [1.54, 1.807) is 23.9 Å². The van der Waals surface area contributed by atoms with Crippen LogP contribution in [0.5, 0.6) is 0 Å². The molecule has 1 unspecified atom stereocenters. The first kappa shape index (κ1) is 15.8. The molecule has 3 atom stereocenters. The summed E-state index contributed by atoms with van der Waals surface area (Å²) in [5, 5.41) is 3.80. The van der Waals surface area contributed by atoms with Gasteiger partial charge >= 0.3 is 0 Å². The highest BCUT2D eigenvalue weighted by atomic mass is 35.5. The zero-order valence-electron chi connectivity index (χ0n) is 13.2. The van der Waals surface area contributed by atoms with E-state index in [4.69, 9.17) is 16.3 Å². The van der Waals surface area contributed by atoms with Crippen molar-refractivity contribution in [2.24, 2.45) is 7.05 Å². The van der Waals surface area contributed by atoms with Gasteiger partial charge in [-0.25, -0.2) is 0 Å². The lowest BCUT2D eigenvalue weighted by Gasteiger charge is -2.30. The molecular formula is C16H24ClN3O2. The molecule has 0 bridgehead atoms. The van der Waals surface area contributed by atoms with E-state index in [1.807, 2.05) is 7.05 Å². The number of aryl methyl sites for hydroxylation is 1. The van der Waals surface area contributed by atoms with Crippen molar-refractivity contribution < 1.29 is 9.53 Å². The second-order valence-corrected chi connectivity index (χ2v) is 6.81. The quantitative estimate of drug-likeness (QED) is 0.921. The average Bonchev–Trinajstić information content (AvgIpc) is 3.18. The molecule has 1 aliphatic heterocycles. The van der Waals surface area contributed by atoms with Crippen molar-refractivity contribution in [3.8, 4) is 0 Å². The Morgan fingerprint density at radius 3 is 2.86 bits per heavy atom. The van der Waals surface area contributed by atoms with Gasteiger partial charge in [-0.05, 0) is 31.7 Å². The molecular weight excluding hydrogens is 302 g/mol. The van der Waals surface area contributed by atoms with Crippen LogP contribution in [0.2, 0.25) is 5.02 Å². The fraction of sp³-hybridized carbons (Fsp3) is 0.688. The topological polar surface area (TPSA) is 46.5 Å². The maximum Gasteiger partial charge on any atom is 0.268 e. The van der Waals surface area contributed by atoms with Crippen molar-refractivity contribution in [2.75, 3.05) is 20.2 Å². The second-order valence-electron chi connectivity index (χ2n) is 6.37. The molecule has 1 aromatic heterocycles. The number of hydrogen-bond donors (Lipinski definition) is 1. The van der Waals surface area contributed by atoms with E-state index < -0.39 is 0 Å². The standard InChI is InChI=1S/C16H24ClN3O2/c1-19-9-11(17)8-15(19)16(21)18-13-4-3-5-14(13)20-7-6-12(10-20)22-2/h8-9,12-14H,3-7,10H2,1-2H3,(H,18,21)/t12?,13-,14+/m1/s1. The third-order valence-corrected chi connectivity index (χ3v) is 5.19. The molecule has 2 fully saturated rings. The van der Waals surface area contributed by atoms with E-state index in [2.05, 4.69) is 10.2 Å². The molecule has 0 spiro atoms. The predicted octanol–water partition coefficient (Wildman–Crippen LogP) is 2.05. The molecule has 1 N–H and O–H groups in total. The predicted molar refractivity (Wildman–Crippen MR) is 86.3 cm³/mol. The minimum Gasteiger partial charge on any atom is -0.380 e. The Balaban J connectivity index is 1.64. The number of nitrogens with one attached hydrogen (secondary N) is 1. The van der Waals surface area contributed by atoms with Gasteiger partial charge in [0.1, 0.15) is 5.69 Å². The highest BCUT2D eigenvalue weighted by Crippen LogP contribution is 2.28. The van der Waals surface area contributed by atoms with Crippen LogP contribution >= 0.6 is 11.6 Å². The van der Waals surface area contributed by atoms with E-state index in [9.17, 15) is 4.79 Å². The Morgan fingerprint density at radius 1 is 1.41 bits per heavy atom. The molecule has 3 rings (SSSR count). The lowest BCUT2D eigenvalue weighted by molar-refractivity contribution is 0.0866. The second kappa shape index (κ2) is 6.60. The molecule has 2 aliphatic rings. The summed E-state index contributed by atoms with van der Waals surface area (Å²) in [6.45, 7) is 2.04. The molecule has 2 heterocycles. The first-order valence-electron chi connectivity index (χ1n) is 7.98. The summed E-state index contributed by atoms with van der Waals surface area (Å²) in [5.74, 6) is -0.0335. The molecule has 22 heavy (non-hydrogen) atoms. The van der Waals surface area contributed by atoms with Crippen molar-refractivity contribution in [3.63, 3.8) is 0 Å². The van der Waals surface area contributed by atoms with Gasteiger partial charge in [0.2, 0.25) is 0 Å². The van der Waals surface area contributed by atoms with Crippen LogP contribution in [0.25, 0.3) is 0 Å². The SMILES string of the molecule is COC1CCN([C@H]2CCC[C@H]2NC(=O)c2cc(Cl)cn2C)C1. The Morgan fingerprint density at radius 2 is 2.23 bits per heavy atom. The maximum absolute atomic E-state index is 12.5. The average molecular weight is 326 g/mol. The van der Waals surface area contributed by atoms with Gasteiger partial charge in [0.25, 0.3) is 5.91 Å². The maximum atomic E-state index is 12.5. The van der Waals surface area contributed by atoms with Crippen LogP contribution in [0.1, 0.15) is 36.2 Å². The van der Waals surface area contributed by atoms with Crippen LogP contribution < -0.4 is 5.32 Å². The molecule has 0 radical (unpaired) electrons. The molecule has 1 aromatic rings. The van der Waals surface area contributed by atoms with E-state index >= 15 is 0 Å². The number of carbonyl (C=O) groups excluding carboxylic acids is 1. The minimum absolute atomic E-state index is 0.0335. The minimum atomic E-state index is -0.0335. The fourth-order valence-corrected chi connectivity index (χ4v) is 4.04. The number of hydrogen-bond acceptors (Lipinski definition) is 3. The molecule has 1 saturated heterocycles. The molecule has 1 amide bonds. The smallest absolute Gasteiger partial charge is 0.268 e. The van der Waals surface area contributed by atoms with E-state index in [0.717, 1.165) is 38.8 Å². The largest absolute Gasteiger partial charge is 0.380 e.